The molecule has 0 aliphatic rings. The van der Waals surface area contributed by atoms with Gasteiger partial charge in [-0.1, -0.05) is 20.8 Å². The van der Waals surface area contributed by atoms with E-state index in [1.807, 2.05) is 10.7 Å². The third kappa shape index (κ3) is 3.06. The zero-order valence-corrected chi connectivity index (χ0v) is 10.2. The van der Waals surface area contributed by atoms with E-state index in [-0.39, 0.29) is 6.10 Å². The average molecular weight is 210 g/mol. The zero-order chi connectivity index (χ0) is 11.4. The summed E-state index contributed by atoms with van der Waals surface area (Å²) < 4.78 is 1.91. The Labute approximate surface area is 92.1 Å². The molecule has 0 aromatic carbocycles. The van der Waals surface area contributed by atoms with Crippen molar-refractivity contribution in [2.75, 3.05) is 0 Å². The molecule has 1 unspecified atom stereocenters. The molecule has 0 radical (unpaired) electrons. The summed E-state index contributed by atoms with van der Waals surface area (Å²) in [7, 11) is 0. The average Bonchev–Trinajstić information content (AvgIpc) is 2.59. The predicted molar refractivity (Wildman–Crippen MR) is 61.7 cm³/mol. The molecular formula is C12H22N2O. The summed E-state index contributed by atoms with van der Waals surface area (Å²) >= 11 is 0. The molecule has 1 rings (SSSR count). The Morgan fingerprint density at radius 2 is 2.07 bits per heavy atom. The normalized spacial score (nSPS) is 13.5. The maximum Gasteiger partial charge on any atom is 0.0959 e. The van der Waals surface area contributed by atoms with E-state index in [1.165, 1.54) is 0 Å². The summed E-state index contributed by atoms with van der Waals surface area (Å²) in [5.74, 6) is 0.505. The molecule has 0 amide bonds. The van der Waals surface area contributed by atoms with Crippen LogP contribution in [-0.4, -0.2) is 14.9 Å². The second-order valence-electron chi connectivity index (χ2n) is 4.38. The lowest BCUT2D eigenvalue weighted by atomic mass is 10.0. The van der Waals surface area contributed by atoms with Crippen LogP contribution in [0.3, 0.4) is 0 Å². The van der Waals surface area contributed by atoms with Crippen LogP contribution in [0.1, 0.15) is 51.6 Å². The van der Waals surface area contributed by atoms with Crippen LogP contribution in [0.25, 0.3) is 0 Å². The fourth-order valence-electron chi connectivity index (χ4n) is 1.75. The smallest absolute Gasteiger partial charge is 0.0959 e. The minimum Gasteiger partial charge on any atom is -0.387 e. The van der Waals surface area contributed by atoms with Gasteiger partial charge in [0.1, 0.15) is 0 Å². The van der Waals surface area contributed by atoms with Crippen LogP contribution in [0.15, 0.2) is 6.07 Å². The van der Waals surface area contributed by atoms with Crippen LogP contribution in [0.2, 0.25) is 0 Å². The first-order valence-electron chi connectivity index (χ1n) is 5.83. The molecule has 1 N–H and O–H groups in total. The van der Waals surface area contributed by atoms with Crippen molar-refractivity contribution in [3.05, 3.63) is 17.5 Å². The van der Waals surface area contributed by atoms with E-state index >= 15 is 0 Å². The quantitative estimate of drug-likeness (QED) is 0.811. The molecule has 0 aliphatic heterocycles. The molecule has 15 heavy (non-hydrogen) atoms. The van der Waals surface area contributed by atoms with Gasteiger partial charge >= 0.3 is 0 Å². The molecule has 0 spiro atoms. The Kier molecular flexibility index (Phi) is 4.33. The van der Waals surface area contributed by atoms with Gasteiger partial charge in [0.15, 0.2) is 0 Å². The van der Waals surface area contributed by atoms with Crippen LogP contribution < -0.4 is 0 Å². The third-order valence-electron chi connectivity index (χ3n) is 2.56. The van der Waals surface area contributed by atoms with E-state index in [9.17, 15) is 5.11 Å². The van der Waals surface area contributed by atoms with Crippen LogP contribution >= 0.6 is 0 Å². The van der Waals surface area contributed by atoms with Gasteiger partial charge in [-0.3, -0.25) is 4.68 Å². The summed E-state index contributed by atoms with van der Waals surface area (Å²) in [5, 5.41) is 14.5. The Morgan fingerprint density at radius 1 is 1.40 bits per heavy atom. The maximum atomic E-state index is 10.1. The number of aryl methyl sites for hydroxylation is 2. The highest BCUT2D eigenvalue weighted by atomic mass is 16.3. The standard InChI is InChI=1S/C12H22N2O/c1-5-10-8-11(14(6-2)13-10)12(15)7-9(3)4/h8-9,12,15H,5-7H2,1-4H3. The van der Waals surface area contributed by atoms with E-state index in [0.717, 1.165) is 30.8 Å². The fourth-order valence-corrected chi connectivity index (χ4v) is 1.75. The van der Waals surface area contributed by atoms with Gasteiger partial charge in [0.05, 0.1) is 17.5 Å². The molecule has 0 bridgehead atoms. The highest BCUT2D eigenvalue weighted by Crippen LogP contribution is 2.22. The lowest BCUT2D eigenvalue weighted by molar-refractivity contribution is 0.141. The van der Waals surface area contributed by atoms with Gasteiger partial charge in [-0.05, 0) is 31.7 Å². The van der Waals surface area contributed by atoms with Gasteiger partial charge in [0.25, 0.3) is 0 Å². The number of hydrogen-bond acceptors (Lipinski definition) is 2. The van der Waals surface area contributed by atoms with Gasteiger partial charge < -0.3 is 5.11 Å². The first kappa shape index (κ1) is 12.2. The van der Waals surface area contributed by atoms with Crippen molar-refractivity contribution in [3.63, 3.8) is 0 Å². The van der Waals surface area contributed by atoms with E-state index in [4.69, 9.17) is 0 Å². The SMILES string of the molecule is CCc1cc(C(O)CC(C)C)n(CC)n1. The second-order valence-corrected chi connectivity index (χ2v) is 4.38. The number of nitrogens with zero attached hydrogens (tertiary/aromatic N) is 2. The van der Waals surface area contributed by atoms with Gasteiger partial charge in [0, 0.05) is 6.54 Å². The molecule has 1 heterocycles. The van der Waals surface area contributed by atoms with Gasteiger partial charge in [-0.25, -0.2) is 0 Å². The number of aliphatic hydroxyl groups excluding tert-OH is 1. The van der Waals surface area contributed by atoms with Crippen molar-refractivity contribution < 1.29 is 5.11 Å². The molecule has 3 nitrogen and oxygen atoms in total. The van der Waals surface area contributed by atoms with Crippen LogP contribution in [0.4, 0.5) is 0 Å². The van der Waals surface area contributed by atoms with Crippen molar-refractivity contribution >= 4 is 0 Å². The first-order chi connectivity index (χ1) is 7.08. The van der Waals surface area contributed by atoms with Gasteiger partial charge in [-0.2, -0.15) is 5.10 Å². The monoisotopic (exact) mass is 210 g/mol. The molecule has 0 saturated heterocycles. The number of aliphatic hydroxyl groups is 1. The molecular weight excluding hydrogens is 188 g/mol. The topological polar surface area (TPSA) is 38.0 Å². The molecule has 1 atom stereocenters. The van der Waals surface area contributed by atoms with Crippen molar-refractivity contribution in [1.29, 1.82) is 0 Å². The zero-order valence-electron chi connectivity index (χ0n) is 10.2. The summed E-state index contributed by atoms with van der Waals surface area (Å²) in [4.78, 5) is 0. The fraction of sp³-hybridized carbons (Fsp3) is 0.750. The molecule has 1 aromatic rings. The minimum absolute atomic E-state index is 0.377. The van der Waals surface area contributed by atoms with Crippen molar-refractivity contribution in [3.8, 4) is 0 Å². The summed E-state index contributed by atoms with van der Waals surface area (Å²) in [6.07, 6.45) is 1.35. The lowest BCUT2D eigenvalue weighted by Gasteiger charge is -2.14. The number of rotatable bonds is 5. The maximum absolute atomic E-state index is 10.1. The van der Waals surface area contributed by atoms with E-state index in [0.29, 0.717) is 5.92 Å². The van der Waals surface area contributed by atoms with E-state index in [2.05, 4.69) is 32.8 Å². The predicted octanol–water partition coefficient (Wildman–Crippen LogP) is 2.54. The second kappa shape index (κ2) is 5.31. The largest absolute Gasteiger partial charge is 0.387 e. The highest BCUT2D eigenvalue weighted by molar-refractivity contribution is 5.13. The Morgan fingerprint density at radius 3 is 2.53 bits per heavy atom. The van der Waals surface area contributed by atoms with Crippen molar-refractivity contribution in [2.45, 2.75) is 53.2 Å². The van der Waals surface area contributed by atoms with Crippen molar-refractivity contribution in [1.82, 2.24) is 9.78 Å². The Hall–Kier alpha value is -0.830. The van der Waals surface area contributed by atoms with Crippen molar-refractivity contribution in [2.24, 2.45) is 5.92 Å². The van der Waals surface area contributed by atoms with E-state index < -0.39 is 0 Å². The molecule has 0 saturated carbocycles. The number of hydrogen-bond donors (Lipinski definition) is 1. The van der Waals surface area contributed by atoms with Gasteiger partial charge in [0.2, 0.25) is 0 Å². The minimum atomic E-state index is -0.377. The van der Waals surface area contributed by atoms with E-state index in [1.54, 1.807) is 0 Å². The highest BCUT2D eigenvalue weighted by Gasteiger charge is 2.15. The molecule has 86 valence electrons. The molecule has 3 heteroatoms. The van der Waals surface area contributed by atoms with Crippen LogP contribution in [-0.2, 0) is 13.0 Å². The van der Waals surface area contributed by atoms with Crippen LogP contribution in [0, 0.1) is 5.92 Å². The first-order valence-corrected chi connectivity index (χ1v) is 5.83. The molecule has 0 aliphatic carbocycles. The number of aromatic nitrogens is 2. The third-order valence-corrected chi connectivity index (χ3v) is 2.56. The Bertz CT molecular complexity index is 305. The van der Waals surface area contributed by atoms with Crippen LogP contribution in [0.5, 0.6) is 0 Å². The Balaban J connectivity index is 2.86. The summed E-state index contributed by atoms with van der Waals surface area (Å²) in [5.41, 5.74) is 2.03. The summed E-state index contributed by atoms with van der Waals surface area (Å²) in [6.45, 7) is 9.21. The molecule has 0 fully saturated rings. The summed E-state index contributed by atoms with van der Waals surface area (Å²) in [6, 6.07) is 2.02. The molecule has 1 aromatic heterocycles. The lowest BCUT2D eigenvalue weighted by Crippen LogP contribution is -2.09. The van der Waals surface area contributed by atoms with Gasteiger partial charge in [-0.15, -0.1) is 0 Å².